The van der Waals surface area contributed by atoms with Gasteiger partial charge in [-0.15, -0.1) is 0 Å². The first-order valence-electron chi connectivity index (χ1n) is 9.91. The minimum absolute atomic E-state index is 0.180. The molecule has 3 aromatic carbocycles. The topological polar surface area (TPSA) is 59.0 Å². The molecule has 0 aliphatic heterocycles. The van der Waals surface area contributed by atoms with Gasteiger partial charge < -0.3 is 14.6 Å². The third-order valence-corrected chi connectivity index (χ3v) is 4.88. The summed E-state index contributed by atoms with van der Waals surface area (Å²) in [5.74, 6) is -0.139. The second-order valence-electron chi connectivity index (χ2n) is 7.13. The van der Waals surface area contributed by atoms with E-state index in [9.17, 15) is 9.90 Å². The van der Waals surface area contributed by atoms with Gasteiger partial charge in [0.15, 0.2) is 6.79 Å². The number of hydrogen-bond acceptors (Lipinski definition) is 4. The van der Waals surface area contributed by atoms with E-state index < -0.39 is 12.0 Å². The van der Waals surface area contributed by atoms with E-state index in [0.29, 0.717) is 25.3 Å². The Balaban J connectivity index is 1.80. The van der Waals surface area contributed by atoms with Crippen LogP contribution in [0.4, 0.5) is 0 Å². The van der Waals surface area contributed by atoms with Crippen LogP contribution in [0.3, 0.4) is 0 Å². The normalized spacial score (nSPS) is 11.9. The zero-order chi connectivity index (χ0) is 21.2. The zero-order valence-corrected chi connectivity index (χ0v) is 17.1. The molecule has 3 aromatic rings. The highest BCUT2D eigenvalue weighted by Gasteiger charge is 2.26. The van der Waals surface area contributed by atoms with Gasteiger partial charge in [0.05, 0.1) is 0 Å². The number of methoxy groups -OCH3 is 1. The Labute approximate surface area is 177 Å². The lowest BCUT2D eigenvalue weighted by atomic mass is 10.0. The van der Waals surface area contributed by atoms with E-state index in [-0.39, 0.29) is 6.79 Å². The maximum Gasteiger partial charge on any atom is 0.321 e. The van der Waals surface area contributed by atoms with Crippen molar-refractivity contribution in [3.8, 4) is 5.75 Å². The molecule has 0 bridgehead atoms. The van der Waals surface area contributed by atoms with Crippen molar-refractivity contribution in [3.63, 3.8) is 0 Å². The third kappa shape index (κ3) is 6.44. The minimum atomic E-state index is -0.832. The van der Waals surface area contributed by atoms with Crippen molar-refractivity contribution in [2.75, 3.05) is 13.9 Å². The molecule has 156 valence electrons. The second kappa shape index (κ2) is 11.1. The standard InChI is InChI=1S/C25H27NO4/c1-29-19-30-23-14-12-20(13-15-23)16-24(25(27)28)26(17-21-8-4-2-5-9-21)18-22-10-6-3-7-11-22/h2-15,24H,16-19H2,1H3,(H,27,28). The summed E-state index contributed by atoms with van der Waals surface area (Å²) < 4.78 is 10.3. The van der Waals surface area contributed by atoms with E-state index in [2.05, 4.69) is 0 Å². The molecule has 0 saturated carbocycles. The van der Waals surface area contributed by atoms with E-state index in [4.69, 9.17) is 9.47 Å². The molecular weight excluding hydrogens is 378 g/mol. The van der Waals surface area contributed by atoms with Crippen LogP contribution in [0.5, 0.6) is 5.75 Å². The van der Waals surface area contributed by atoms with Crippen LogP contribution in [0.25, 0.3) is 0 Å². The molecule has 1 atom stereocenters. The van der Waals surface area contributed by atoms with E-state index >= 15 is 0 Å². The number of carboxylic acid groups (broad SMARTS) is 1. The highest BCUT2D eigenvalue weighted by atomic mass is 16.7. The molecule has 0 saturated heterocycles. The van der Waals surface area contributed by atoms with Crippen LogP contribution in [0.1, 0.15) is 16.7 Å². The Kier molecular flexibility index (Phi) is 8.01. The highest BCUT2D eigenvalue weighted by molar-refractivity contribution is 5.74. The predicted octanol–water partition coefficient (Wildman–Crippen LogP) is 4.37. The van der Waals surface area contributed by atoms with Crippen LogP contribution < -0.4 is 4.74 Å². The summed E-state index contributed by atoms with van der Waals surface area (Å²) in [7, 11) is 1.57. The number of nitrogens with zero attached hydrogens (tertiary/aromatic N) is 1. The first kappa shape index (κ1) is 21.6. The molecule has 0 amide bonds. The fraction of sp³-hybridized carbons (Fsp3) is 0.240. The minimum Gasteiger partial charge on any atom is -0.480 e. The molecule has 5 nitrogen and oxygen atoms in total. The van der Waals surface area contributed by atoms with Gasteiger partial charge >= 0.3 is 5.97 Å². The van der Waals surface area contributed by atoms with Crippen LogP contribution in [0.2, 0.25) is 0 Å². The Morgan fingerprint density at radius 2 is 1.37 bits per heavy atom. The van der Waals surface area contributed by atoms with Gasteiger partial charge in [-0.25, -0.2) is 0 Å². The summed E-state index contributed by atoms with van der Waals surface area (Å²) in [6.07, 6.45) is 0.402. The Hall–Kier alpha value is -3.15. The Morgan fingerprint density at radius 3 is 1.83 bits per heavy atom. The van der Waals surface area contributed by atoms with E-state index in [1.165, 1.54) is 0 Å². The van der Waals surface area contributed by atoms with Gasteiger partial charge in [-0.1, -0.05) is 72.8 Å². The largest absolute Gasteiger partial charge is 0.480 e. The maximum atomic E-state index is 12.3. The number of aliphatic carboxylic acids is 1. The van der Waals surface area contributed by atoms with Crippen molar-refractivity contribution in [1.29, 1.82) is 0 Å². The van der Waals surface area contributed by atoms with Gasteiger partial charge in [0, 0.05) is 20.2 Å². The monoisotopic (exact) mass is 405 g/mol. The van der Waals surface area contributed by atoms with Gasteiger partial charge in [0.2, 0.25) is 0 Å². The number of benzene rings is 3. The Bertz CT molecular complexity index is 856. The molecule has 0 fully saturated rings. The summed E-state index contributed by atoms with van der Waals surface area (Å²) in [6.45, 7) is 1.29. The molecule has 0 heterocycles. The molecule has 1 N–H and O–H groups in total. The first-order valence-corrected chi connectivity index (χ1v) is 9.91. The smallest absolute Gasteiger partial charge is 0.321 e. The van der Waals surface area contributed by atoms with Crippen molar-refractivity contribution in [2.45, 2.75) is 25.6 Å². The van der Waals surface area contributed by atoms with E-state index in [1.807, 2.05) is 89.8 Å². The van der Waals surface area contributed by atoms with Gasteiger partial charge in [0.25, 0.3) is 0 Å². The van der Waals surface area contributed by atoms with Crippen LogP contribution in [-0.4, -0.2) is 35.9 Å². The lowest BCUT2D eigenvalue weighted by Gasteiger charge is -2.29. The summed E-state index contributed by atoms with van der Waals surface area (Å²) in [5.41, 5.74) is 3.12. The van der Waals surface area contributed by atoms with Crippen molar-refractivity contribution in [3.05, 3.63) is 102 Å². The average molecular weight is 405 g/mol. The van der Waals surface area contributed by atoms with E-state index in [1.54, 1.807) is 7.11 Å². The first-order chi connectivity index (χ1) is 14.7. The Morgan fingerprint density at radius 1 is 0.833 bits per heavy atom. The summed E-state index contributed by atoms with van der Waals surface area (Å²) in [4.78, 5) is 14.3. The van der Waals surface area contributed by atoms with Crippen LogP contribution in [0, 0.1) is 0 Å². The molecule has 0 aliphatic rings. The van der Waals surface area contributed by atoms with Gasteiger partial charge in [-0.3, -0.25) is 9.69 Å². The van der Waals surface area contributed by atoms with Crippen LogP contribution >= 0.6 is 0 Å². The van der Waals surface area contributed by atoms with Crippen molar-refractivity contribution in [1.82, 2.24) is 4.90 Å². The lowest BCUT2D eigenvalue weighted by molar-refractivity contribution is -0.143. The number of carboxylic acids is 1. The molecule has 0 spiro atoms. The number of hydrogen-bond donors (Lipinski definition) is 1. The molecular formula is C25H27NO4. The number of ether oxygens (including phenoxy) is 2. The van der Waals surface area contributed by atoms with Gasteiger partial charge in [-0.05, 0) is 35.2 Å². The maximum absolute atomic E-state index is 12.3. The van der Waals surface area contributed by atoms with Crippen LogP contribution in [-0.2, 0) is 29.0 Å². The zero-order valence-electron chi connectivity index (χ0n) is 17.1. The quantitative estimate of drug-likeness (QED) is 0.480. The van der Waals surface area contributed by atoms with E-state index in [0.717, 1.165) is 16.7 Å². The van der Waals surface area contributed by atoms with Crippen LogP contribution in [0.15, 0.2) is 84.9 Å². The fourth-order valence-corrected chi connectivity index (χ4v) is 3.36. The molecule has 1 unspecified atom stereocenters. The summed E-state index contributed by atoms with van der Waals surface area (Å²) >= 11 is 0. The van der Waals surface area contributed by atoms with Crippen molar-refractivity contribution in [2.24, 2.45) is 0 Å². The number of carbonyl (C=O) groups is 1. The van der Waals surface area contributed by atoms with Gasteiger partial charge in [-0.2, -0.15) is 0 Å². The number of rotatable bonds is 11. The molecule has 0 aromatic heterocycles. The summed E-state index contributed by atoms with van der Waals surface area (Å²) in [5, 5.41) is 10.0. The average Bonchev–Trinajstić information content (AvgIpc) is 2.77. The second-order valence-corrected chi connectivity index (χ2v) is 7.13. The molecule has 5 heteroatoms. The highest BCUT2D eigenvalue weighted by Crippen LogP contribution is 2.19. The lowest BCUT2D eigenvalue weighted by Crippen LogP contribution is -2.42. The SMILES string of the molecule is COCOc1ccc(CC(C(=O)O)N(Cc2ccccc2)Cc2ccccc2)cc1. The molecule has 30 heavy (non-hydrogen) atoms. The van der Waals surface area contributed by atoms with Crippen molar-refractivity contribution < 1.29 is 19.4 Å². The van der Waals surface area contributed by atoms with Crippen molar-refractivity contribution >= 4 is 5.97 Å². The summed E-state index contributed by atoms with van der Waals surface area (Å²) in [6, 6.07) is 26.8. The van der Waals surface area contributed by atoms with Gasteiger partial charge in [0.1, 0.15) is 11.8 Å². The fourth-order valence-electron chi connectivity index (χ4n) is 3.36. The third-order valence-electron chi connectivity index (χ3n) is 4.88. The molecule has 0 aliphatic carbocycles. The predicted molar refractivity (Wildman–Crippen MR) is 116 cm³/mol. The molecule has 3 rings (SSSR count). The molecule has 0 radical (unpaired) electrons.